The van der Waals surface area contributed by atoms with E-state index in [0.29, 0.717) is 40.5 Å². The predicted molar refractivity (Wildman–Crippen MR) is 131 cm³/mol. The van der Waals surface area contributed by atoms with E-state index in [1.807, 2.05) is 55.4 Å². The lowest BCUT2D eigenvalue weighted by Gasteiger charge is -2.11. The van der Waals surface area contributed by atoms with Crippen molar-refractivity contribution in [1.29, 1.82) is 0 Å². The predicted octanol–water partition coefficient (Wildman–Crippen LogP) is 3.31. The summed E-state index contributed by atoms with van der Waals surface area (Å²) >= 11 is 0. The number of terminal acetylenes is 1. The average molecular weight is 490 g/mol. The molecule has 5 rings (SSSR count). The third kappa shape index (κ3) is 5.20. The molecule has 0 bridgehead atoms. The van der Waals surface area contributed by atoms with Crippen LogP contribution in [0.25, 0.3) is 11.0 Å². The lowest BCUT2D eigenvalue weighted by Crippen LogP contribution is -2.20. The van der Waals surface area contributed by atoms with E-state index in [-0.39, 0.29) is 6.10 Å². The van der Waals surface area contributed by atoms with Crippen molar-refractivity contribution in [1.82, 2.24) is 20.3 Å². The zero-order valence-electron chi connectivity index (χ0n) is 19.0. The summed E-state index contributed by atoms with van der Waals surface area (Å²) in [6.45, 7) is 2.67. The molecule has 0 aliphatic heterocycles. The summed E-state index contributed by atoms with van der Waals surface area (Å²) in [5, 5.41) is 11.8. The fourth-order valence-electron chi connectivity index (χ4n) is 3.62. The molecule has 0 spiro atoms. The van der Waals surface area contributed by atoms with Gasteiger partial charge in [0.15, 0.2) is 22.4 Å². The monoisotopic (exact) mass is 489 g/mol. The molecule has 2 aromatic heterocycles. The third-order valence-electron chi connectivity index (χ3n) is 5.51. The van der Waals surface area contributed by atoms with E-state index in [1.54, 1.807) is 10.9 Å². The van der Waals surface area contributed by atoms with Crippen molar-refractivity contribution < 1.29 is 18.3 Å². The second kappa shape index (κ2) is 9.64. The van der Waals surface area contributed by atoms with Gasteiger partial charge in [0.2, 0.25) is 0 Å². The van der Waals surface area contributed by atoms with Crippen molar-refractivity contribution in [2.24, 2.45) is 0 Å². The second-order valence-electron chi connectivity index (χ2n) is 8.32. The Labute approximate surface area is 204 Å². The summed E-state index contributed by atoms with van der Waals surface area (Å²) in [7, 11) is -1.51. The number of aromatic nitrogens is 3. The molecule has 178 valence electrons. The van der Waals surface area contributed by atoms with Crippen LogP contribution in [-0.4, -0.2) is 31.2 Å². The zero-order valence-corrected chi connectivity index (χ0v) is 19.8. The molecule has 2 N–H and O–H groups in total. The maximum absolute atomic E-state index is 13.0. The lowest BCUT2D eigenvalue weighted by atomic mass is 10.1. The molecule has 1 saturated carbocycles. The summed E-state index contributed by atoms with van der Waals surface area (Å²) in [4.78, 5) is 12.0. The summed E-state index contributed by atoms with van der Waals surface area (Å²) in [5.41, 5.74) is 3.17. The molecule has 10 heteroatoms. The lowest BCUT2D eigenvalue weighted by molar-refractivity contribution is -0.115. The number of carbonyl (C=O) groups is 1. The van der Waals surface area contributed by atoms with Gasteiger partial charge in [0.05, 0.1) is 23.7 Å². The van der Waals surface area contributed by atoms with Crippen molar-refractivity contribution in [2.75, 3.05) is 4.72 Å². The summed E-state index contributed by atoms with van der Waals surface area (Å²) < 4.78 is 29.5. The number of hydrogen-bond acceptors (Lipinski definition) is 6. The van der Waals surface area contributed by atoms with Crippen LogP contribution in [0.5, 0.6) is 5.75 Å². The van der Waals surface area contributed by atoms with Gasteiger partial charge in [-0.3, -0.25) is 14.2 Å². The first-order valence-corrected chi connectivity index (χ1v) is 12.2. The number of fused-ring (bicyclic) bond motifs is 1. The highest BCUT2D eigenvalue weighted by Crippen LogP contribution is 2.38. The summed E-state index contributed by atoms with van der Waals surface area (Å²) in [6.07, 6.45) is 10.7. The number of anilines is 1. The van der Waals surface area contributed by atoms with Crippen molar-refractivity contribution in [3.8, 4) is 18.1 Å². The molecule has 1 atom stereocenters. The van der Waals surface area contributed by atoms with Crippen LogP contribution in [0, 0.1) is 19.3 Å². The van der Waals surface area contributed by atoms with Crippen LogP contribution in [0.3, 0.4) is 0 Å². The van der Waals surface area contributed by atoms with Crippen LogP contribution in [0.4, 0.5) is 5.82 Å². The van der Waals surface area contributed by atoms with E-state index >= 15 is 0 Å². The van der Waals surface area contributed by atoms with Gasteiger partial charge in [-0.1, -0.05) is 23.4 Å². The Balaban J connectivity index is 1.40. The fraction of sp³-hybridized carbons (Fsp3) is 0.240. The Morgan fingerprint density at radius 2 is 2.14 bits per heavy atom. The Morgan fingerprint density at radius 1 is 1.31 bits per heavy atom. The first kappa shape index (κ1) is 22.7. The number of carbonyl (C=O) groups excluding carboxylic acids is 1. The van der Waals surface area contributed by atoms with Crippen molar-refractivity contribution in [3.05, 3.63) is 65.5 Å². The number of nitrogens with one attached hydrogen (secondary N) is 2. The van der Waals surface area contributed by atoms with Gasteiger partial charge in [0, 0.05) is 18.3 Å². The molecule has 1 aliphatic rings. The van der Waals surface area contributed by atoms with Gasteiger partial charge in [-0.15, -0.1) is 6.42 Å². The zero-order chi connectivity index (χ0) is 24.4. The number of rotatable bonds is 9. The van der Waals surface area contributed by atoms with Gasteiger partial charge in [0.25, 0.3) is 5.91 Å². The number of amides is 1. The van der Waals surface area contributed by atoms with Crippen LogP contribution < -0.4 is 14.8 Å². The Kier molecular flexibility index (Phi) is 6.25. The van der Waals surface area contributed by atoms with Crippen LogP contribution >= 0.6 is 0 Å². The van der Waals surface area contributed by atoms with Crippen molar-refractivity contribution >= 4 is 33.7 Å². The highest BCUT2D eigenvalue weighted by atomic mass is 32.2. The third-order valence-corrected chi connectivity index (χ3v) is 6.75. The minimum atomic E-state index is -1.51. The molecule has 1 fully saturated rings. The molecule has 0 radical (unpaired) electrons. The molecule has 0 saturated heterocycles. The number of benzene rings is 2. The van der Waals surface area contributed by atoms with E-state index in [1.165, 1.54) is 0 Å². The fourth-order valence-corrected chi connectivity index (χ4v) is 4.61. The van der Waals surface area contributed by atoms with Gasteiger partial charge in [-0.25, -0.2) is 4.21 Å². The molecule has 1 aliphatic carbocycles. The maximum atomic E-state index is 13.0. The molecule has 1 amide bonds. The molecular weight excluding hydrogens is 466 g/mol. The van der Waals surface area contributed by atoms with E-state index < -0.39 is 16.9 Å². The van der Waals surface area contributed by atoms with E-state index in [4.69, 9.17) is 15.7 Å². The molecule has 1 unspecified atom stereocenters. The van der Waals surface area contributed by atoms with Crippen molar-refractivity contribution in [2.45, 2.75) is 43.9 Å². The standard InChI is InChI=1S/C25H23N5O4S/c1-3-23(31)26-12-18-13-27-30(15-18)14-17-10-20(33-19-8-9-19)24-21(11-17)34-28-25(24)29-35(32)22-7-5-4-6-16(22)2/h1,4-7,10-11,13,15,19H,8-9,12,14H2,2H3,(H,26,31)(H,28,29). The van der Waals surface area contributed by atoms with Gasteiger partial charge in [-0.05, 0) is 55.0 Å². The first-order valence-electron chi connectivity index (χ1n) is 11.1. The molecule has 2 heterocycles. The molecule has 2 aromatic carbocycles. The van der Waals surface area contributed by atoms with Gasteiger partial charge in [-0.2, -0.15) is 5.10 Å². The minimum Gasteiger partial charge on any atom is -0.489 e. The minimum absolute atomic E-state index is 0.147. The number of hydrogen-bond donors (Lipinski definition) is 2. The van der Waals surface area contributed by atoms with E-state index in [0.717, 1.165) is 29.5 Å². The number of nitrogens with zero attached hydrogens (tertiary/aromatic N) is 3. The van der Waals surface area contributed by atoms with Crippen LogP contribution in [0.2, 0.25) is 0 Å². The SMILES string of the molecule is C#CC(=O)NCc1cnn(Cc2cc(OC3CC3)c3c(NS(=O)c4ccccc4C)noc3c2)c1. The molecule has 9 nitrogen and oxygen atoms in total. The topological polar surface area (TPSA) is 111 Å². The van der Waals surface area contributed by atoms with Gasteiger partial charge < -0.3 is 14.6 Å². The maximum Gasteiger partial charge on any atom is 0.295 e. The Morgan fingerprint density at radius 3 is 2.91 bits per heavy atom. The highest BCUT2D eigenvalue weighted by molar-refractivity contribution is 7.86. The van der Waals surface area contributed by atoms with Gasteiger partial charge in [0.1, 0.15) is 11.1 Å². The van der Waals surface area contributed by atoms with Crippen LogP contribution in [-0.2, 0) is 28.9 Å². The Bertz CT molecular complexity index is 1460. The summed E-state index contributed by atoms with van der Waals surface area (Å²) in [5.74, 6) is 2.54. The quantitative estimate of drug-likeness (QED) is 0.349. The largest absolute Gasteiger partial charge is 0.489 e. The average Bonchev–Trinajstić information content (AvgIpc) is 3.40. The molecular formula is C25H23N5O4S. The molecule has 35 heavy (non-hydrogen) atoms. The first-order chi connectivity index (χ1) is 17.0. The van der Waals surface area contributed by atoms with Crippen LogP contribution in [0.15, 0.2) is 58.2 Å². The van der Waals surface area contributed by atoms with Crippen molar-refractivity contribution in [3.63, 3.8) is 0 Å². The summed E-state index contributed by atoms with van der Waals surface area (Å²) in [6, 6.07) is 11.3. The number of aryl methyl sites for hydroxylation is 1. The molecule has 4 aromatic rings. The van der Waals surface area contributed by atoms with Crippen LogP contribution in [0.1, 0.15) is 29.5 Å². The second-order valence-corrected chi connectivity index (χ2v) is 9.51. The Hall–Kier alpha value is -4.10. The number of ether oxygens (including phenoxy) is 1. The van der Waals surface area contributed by atoms with E-state index in [2.05, 4.69) is 20.3 Å². The van der Waals surface area contributed by atoms with Gasteiger partial charge >= 0.3 is 0 Å². The van der Waals surface area contributed by atoms with E-state index in [9.17, 15) is 9.00 Å². The smallest absolute Gasteiger partial charge is 0.295 e. The highest BCUT2D eigenvalue weighted by Gasteiger charge is 2.27. The normalized spacial score (nSPS) is 13.8.